The number of hydrogen-bond donors (Lipinski definition) is 4. The third-order valence-electron chi connectivity index (χ3n) is 7.48. The fourth-order valence-electron chi connectivity index (χ4n) is 5.07. The minimum atomic E-state index is -5.08. The Morgan fingerprint density at radius 2 is 1.77 bits per heavy atom. The number of carboxylic acids is 1. The highest BCUT2D eigenvalue weighted by molar-refractivity contribution is 6.32. The molecule has 4 heterocycles. The number of carbonyl (C=O) groups excluding carboxylic acids is 2. The molecule has 2 aromatic carbocycles. The second-order valence-electron chi connectivity index (χ2n) is 10.9. The van der Waals surface area contributed by atoms with Crippen molar-refractivity contribution in [3.8, 4) is 0 Å². The molecule has 2 aliphatic rings. The lowest BCUT2D eigenvalue weighted by molar-refractivity contribution is -0.192. The monoisotopic (exact) mass is 671 g/mol. The number of aliphatic carboxylic acids is 1. The van der Waals surface area contributed by atoms with E-state index in [4.69, 9.17) is 26.0 Å². The Balaban J connectivity index is 0.000000559. The van der Waals surface area contributed by atoms with Crippen molar-refractivity contribution in [2.75, 3.05) is 29.0 Å². The van der Waals surface area contributed by atoms with Crippen LogP contribution in [0.15, 0.2) is 59.3 Å². The number of amides is 2. The van der Waals surface area contributed by atoms with E-state index in [1.807, 2.05) is 30.3 Å². The Kier molecular flexibility index (Phi) is 9.94. The largest absolute Gasteiger partial charge is 0.490 e. The molecule has 0 unspecified atom stereocenters. The lowest BCUT2D eigenvalue weighted by Crippen LogP contribution is -2.41. The Morgan fingerprint density at radius 3 is 2.45 bits per heavy atom. The summed E-state index contributed by atoms with van der Waals surface area (Å²) >= 11 is 6.38. The van der Waals surface area contributed by atoms with Crippen molar-refractivity contribution in [2.24, 2.45) is 5.92 Å². The average molecular weight is 672 g/mol. The van der Waals surface area contributed by atoms with Gasteiger partial charge in [0.15, 0.2) is 11.5 Å². The van der Waals surface area contributed by atoms with E-state index in [2.05, 4.69) is 43.2 Å². The molecule has 6 bridgehead atoms. The fraction of sp³-hybridized carbons (Fsp3) is 0.290. The molecular weight excluding hydrogens is 643 g/mol. The van der Waals surface area contributed by atoms with Gasteiger partial charge >= 0.3 is 12.1 Å². The number of carboxylic acid groups (broad SMARTS) is 1. The van der Waals surface area contributed by atoms with Crippen LogP contribution < -0.4 is 16.0 Å². The van der Waals surface area contributed by atoms with Crippen molar-refractivity contribution >= 4 is 58.2 Å². The third kappa shape index (κ3) is 8.55. The van der Waals surface area contributed by atoms with Crippen molar-refractivity contribution in [1.29, 1.82) is 0 Å². The smallest absolute Gasteiger partial charge is 0.475 e. The number of piperidine rings is 1. The van der Waals surface area contributed by atoms with Crippen LogP contribution >= 0.6 is 11.6 Å². The normalized spacial score (nSPS) is 14.5. The van der Waals surface area contributed by atoms with Crippen LogP contribution in [0.2, 0.25) is 5.02 Å². The van der Waals surface area contributed by atoms with Gasteiger partial charge in [0.05, 0.1) is 6.20 Å². The zero-order chi connectivity index (χ0) is 33.7. The first-order valence-corrected chi connectivity index (χ1v) is 14.9. The predicted octanol–water partition coefficient (Wildman–Crippen LogP) is 6.14. The number of carbonyl (C=O) groups is 3. The number of rotatable bonds is 3. The van der Waals surface area contributed by atoms with Gasteiger partial charge in [-0.25, -0.2) is 9.78 Å². The van der Waals surface area contributed by atoms with Crippen molar-refractivity contribution in [3.63, 3.8) is 0 Å². The number of hydrogen-bond acceptors (Lipinski definition) is 9. The van der Waals surface area contributed by atoms with E-state index in [1.165, 1.54) is 0 Å². The number of likely N-dealkylation sites (tertiary alicyclic amines) is 1. The third-order valence-corrected chi connectivity index (χ3v) is 7.76. The Morgan fingerprint density at radius 1 is 1.04 bits per heavy atom. The zero-order valence-corrected chi connectivity index (χ0v) is 25.7. The lowest BCUT2D eigenvalue weighted by atomic mass is 9.95. The Labute approximate surface area is 271 Å². The molecule has 1 saturated heterocycles. The van der Waals surface area contributed by atoms with E-state index >= 15 is 0 Å². The molecule has 4 N–H and O–H groups in total. The molecule has 6 rings (SSSR count). The second kappa shape index (κ2) is 14.1. The number of anilines is 5. The van der Waals surface area contributed by atoms with Gasteiger partial charge in [-0.05, 0) is 74.1 Å². The summed E-state index contributed by atoms with van der Waals surface area (Å²) in [5.74, 6) is -1.64. The van der Waals surface area contributed by atoms with Crippen LogP contribution in [-0.4, -0.2) is 62.2 Å². The maximum Gasteiger partial charge on any atom is 0.490 e. The summed E-state index contributed by atoms with van der Waals surface area (Å²) in [6.07, 6.45) is -0.863. The standard InChI is InChI=1S/C29H28ClN7O3.C2HF3O2/c1-17-13-25(36-40-17)28(39)37-11-9-19(10-12-37)27(38)34-24-8-7-22-15-20(24)6-5-18-3-2-4-21(14-18)33-29-31-16-23(30)26(32-22)35-29;3-2(4,5)1(6)7/h2-4,7-8,13-16,19H,5-6,9-12H2,1H3,(H,34,38)(H2,31,32,33,35);(H,6,7). The molecule has 0 aliphatic carbocycles. The molecule has 246 valence electrons. The van der Waals surface area contributed by atoms with Crippen LogP contribution in [0.3, 0.4) is 0 Å². The first kappa shape index (κ1) is 33.2. The molecule has 2 amide bonds. The van der Waals surface area contributed by atoms with Crippen LogP contribution in [0.5, 0.6) is 0 Å². The van der Waals surface area contributed by atoms with E-state index in [0.717, 1.165) is 41.0 Å². The number of nitrogens with one attached hydrogen (secondary N) is 3. The highest BCUT2D eigenvalue weighted by Gasteiger charge is 2.38. The van der Waals surface area contributed by atoms with Gasteiger partial charge in [0.2, 0.25) is 11.9 Å². The van der Waals surface area contributed by atoms with Gasteiger partial charge in [-0.3, -0.25) is 9.59 Å². The van der Waals surface area contributed by atoms with Crippen molar-refractivity contribution in [2.45, 2.75) is 38.8 Å². The van der Waals surface area contributed by atoms with Crippen molar-refractivity contribution < 1.29 is 37.2 Å². The Bertz CT molecular complexity index is 1790. The fourth-order valence-corrected chi connectivity index (χ4v) is 5.21. The summed E-state index contributed by atoms with van der Waals surface area (Å²) in [7, 11) is 0. The van der Waals surface area contributed by atoms with Gasteiger partial charge in [0.1, 0.15) is 10.8 Å². The number of fused-ring (bicyclic) bond motifs is 6. The van der Waals surface area contributed by atoms with E-state index in [1.54, 1.807) is 24.1 Å². The van der Waals surface area contributed by atoms with Crippen LogP contribution in [0.25, 0.3) is 0 Å². The van der Waals surface area contributed by atoms with Gasteiger partial charge < -0.3 is 30.5 Å². The van der Waals surface area contributed by atoms with Crippen LogP contribution in [0.1, 0.15) is 40.2 Å². The summed E-state index contributed by atoms with van der Waals surface area (Å²) in [4.78, 5) is 45.5. The molecule has 0 atom stereocenters. The molecule has 0 spiro atoms. The van der Waals surface area contributed by atoms with Crippen molar-refractivity contribution in [3.05, 3.63) is 82.3 Å². The molecular formula is C31H29ClF3N7O5. The molecule has 16 heteroatoms. The highest BCUT2D eigenvalue weighted by Crippen LogP contribution is 2.30. The average Bonchev–Trinajstić information content (AvgIpc) is 3.48. The number of halogens is 4. The van der Waals surface area contributed by atoms with E-state index < -0.39 is 12.1 Å². The minimum absolute atomic E-state index is 0.0426. The number of nitrogens with zero attached hydrogens (tertiary/aromatic N) is 4. The van der Waals surface area contributed by atoms with Gasteiger partial charge in [-0.2, -0.15) is 18.2 Å². The summed E-state index contributed by atoms with van der Waals surface area (Å²) in [5, 5.41) is 21.0. The van der Waals surface area contributed by atoms with Gasteiger partial charge in [-0.1, -0.05) is 28.9 Å². The molecule has 12 nitrogen and oxygen atoms in total. The molecule has 0 radical (unpaired) electrons. The lowest BCUT2D eigenvalue weighted by Gasteiger charge is -2.31. The first-order chi connectivity index (χ1) is 22.4. The molecule has 2 aromatic heterocycles. The molecule has 2 aliphatic heterocycles. The zero-order valence-electron chi connectivity index (χ0n) is 24.9. The number of aromatic nitrogens is 3. The van der Waals surface area contributed by atoms with Crippen LogP contribution in [-0.2, 0) is 22.4 Å². The topological polar surface area (TPSA) is 163 Å². The highest BCUT2D eigenvalue weighted by atomic mass is 35.5. The summed E-state index contributed by atoms with van der Waals surface area (Å²) < 4.78 is 36.8. The van der Waals surface area contributed by atoms with Gasteiger partial charge in [-0.15, -0.1) is 0 Å². The maximum absolute atomic E-state index is 13.3. The van der Waals surface area contributed by atoms with Crippen LogP contribution in [0.4, 0.5) is 42.0 Å². The van der Waals surface area contributed by atoms with Crippen molar-refractivity contribution in [1.82, 2.24) is 20.0 Å². The van der Waals surface area contributed by atoms with Crippen LogP contribution in [0, 0.1) is 12.8 Å². The molecule has 4 aromatic rings. The molecule has 0 saturated carbocycles. The summed E-state index contributed by atoms with van der Waals surface area (Å²) in [6.45, 7) is 2.73. The van der Waals surface area contributed by atoms with E-state index in [9.17, 15) is 22.8 Å². The predicted molar refractivity (Wildman–Crippen MR) is 166 cm³/mol. The Hall–Kier alpha value is -5.18. The van der Waals surface area contributed by atoms with E-state index in [0.29, 0.717) is 54.2 Å². The van der Waals surface area contributed by atoms with Gasteiger partial charge in [0.25, 0.3) is 5.91 Å². The van der Waals surface area contributed by atoms with Gasteiger partial charge in [0, 0.05) is 42.1 Å². The minimum Gasteiger partial charge on any atom is -0.475 e. The summed E-state index contributed by atoms with van der Waals surface area (Å²) in [6, 6.07) is 15.6. The second-order valence-corrected chi connectivity index (χ2v) is 11.3. The number of benzene rings is 2. The number of alkyl halides is 3. The maximum atomic E-state index is 13.3. The quantitative estimate of drug-likeness (QED) is 0.199. The van der Waals surface area contributed by atoms with E-state index in [-0.39, 0.29) is 17.7 Å². The first-order valence-electron chi connectivity index (χ1n) is 14.5. The SMILES string of the molecule is Cc1cc(C(=O)N2CCC(C(=O)Nc3ccc4cc3CCc3cccc(c3)Nc3ncc(Cl)c(n3)N4)CC2)no1.O=C(O)C(F)(F)F. The molecule has 47 heavy (non-hydrogen) atoms. The summed E-state index contributed by atoms with van der Waals surface area (Å²) in [5.41, 5.74) is 4.90. The number of aryl methyl sites for hydroxylation is 3. The molecule has 1 fully saturated rings.